The van der Waals surface area contributed by atoms with Crippen molar-refractivity contribution in [1.82, 2.24) is 0 Å². The number of hydrogen-bond acceptors (Lipinski definition) is 11. The standard InChI is InChI=1S/C24H26O11/c1-11(26)29-9-23(10-30-23)14-5-15-13(8-25)4-16(32-15)19-22(3,34-19)7-17-20-24(35-20,21(28)33-17)18(6-14)31-12(2)27/h4,8,14,17-20H,5-7,9-10H2,1-3H3/t14-,17-,18+,19+,20-,22+,23?,24-/m0/s1. The Kier molecular flexibility index (Phi) is 4.78. The van der Waals surface area contributed by atoms with E-state index >= 15 is 0 Å². The molecule has 4 fully saturated rings. The van der Waals surface area contributed by atoms with Crippen molar-refractivity contribution in [2.24, 2.45) is 5.92 Å². The highest BCUT2D eigenvalue weighted by molar-refractivity contribution is 5.88. The van der Waals surface area contributed by atoms with Gasteiger partial charge in [0.05, 0.1) is 12.2 Å². The van der Waals surface area contributed by atoms with Crippen LogP contribution in [0, 0.1) is 5.92 Å². The first-order chi connectivity index (χ1) is 16.6. The topological polar surface area (TPSA) is 147 Å². The van der Waals surface area contributed by atoms with Gasteiger partial charge < -0.3 is 32.8 Å². The lowest BCUT2D eigenvalue weighted by Crippen LogP contribution is -2.45. The van der Waals surface area contributed by atoms with Gasteiger partial charge in [0.25, 0.3) is 0 Å². The highest BCUT2D eigenvalue weighted by atomic mass is 16.7. The average Bonchev–Trinajstić information content (AvgIpc) is 3.72. The summed E-state index contributed by atoms with van der Waals surface area (Å²) in [5.74, 6) is -1.12. The molecule has 6 rings (SSSR count). The SMILES string of the molecule is CC(=O)OCC1([C@H]2Cc3oc(cc3C=O)[C@H]3O[C@]3(C)C[C@@H]3OC(=O)[C@]4(O[C@@H]34)[C@H](OC(C)=O)C2)CO1. The second-order valence-electron chi connectivity index (χ2n) is 10.3. The molecule has 0 aliphatic carbocycles. The Labute approximate surface area is 200 Å². The molecule has 0 aromatic carbocycles. The molecule has 0 N–H and O–H groups in total. The maximum Gasteiger partial charge on any atom is 0.345 e. The van der Waals surface area contributed by atoms with Crippen LogP contribution in [-0.4, -0.2) is 72.5 Å². The Morgan fingerprint density at radius 2 is 2.00 bits per heavy atom. The van der Waals surface area contributed by atoms with Crippen molar-refractivity contribution in [3.63, 3.8) is 0 Å². The number of rotatable bonds is 5. The molecule has 35 heavy (non-hydrogen) atoms. The molecule has 1 unspecified atom stereocenters. The second-order valence-corrected chi connectivity index (χ2v) is 10.3. The zero-order valence-electron chi connectivity index (χ0n) is 19.6. The minimum atomic E-state index is -1.41. The molecule has 0 amide bonds. The fourth-order valence-electron chi connectivity index (χ4n) is 5.76. The Balaban J connectivity index is 1.41. The summed E-state index contributed by atoms with van der Waals surface area (Å²) in [6, 6.07) is 1.66. The normalized spacial score (nSPS) is 42.7. The summed E-state index contributed by atoms with van der Waals surface area (Å²) in [5, 5.41) is 0. The molecule has 0 radical (unpaired) electrons. The molecular weight excluding hydrogens is 464 g/mol. The minimum absolute atomic E-state index is 0.0298. The van der Waals surface area contributed by atoms with E-state index in [0.717, 1.165) is 6.29 Å². The maximum atomic E-state index is 13.1. The lowest BCUT2D eigenvalue weighted by molar-refractivity contribution is -0.166. The summed E-state index contributed by atoms with van der Waals surface area (Å²) >= 11 is 0. The van der Waals surface area contributed by atoms with E-state index in [0.29, 0.717) is 23.5 Å². The Morgan fingerprint density at radius 3 is 2.63 bits per heavy atom. The molecule has 0 spiro atoms. The van der Waals surface area contributed by atoms with E-state index in [9.17, 15) is 19.2 Å². The third-order valence-electron chi connectivity index (χ3n) is 7.84. The number of esters is 3. The van der Waals surface area contributed by atoms with Crippen molar-refractivity contribution in [1.29, 1.82) is 0 Å². The van der Waals surface area contributed by atoms with Crippen LogP contribution in [0.5, 0.6) is 0 Å². The van der Waals surface area contributed by atoms with E-state index in [1.54, 1.807) is 6.07 Å². The van der Waals surface area contributed by atoms with E-state index in [1.807, 2.05) is 6.92 Å². The van der Waals surface area contributed by atoms with Crippen molar-refractivity contribution in [3.8, 4) is 0 Å². The molecule has 6 heterocycles. The van der Waals surface area contributed by atoms with Crippen LogP contribution in [-0.2, 0) is 49.2 Å². The van der Waals surface area contributed by atoms with Gasteiger partial charge in [-0.1, -0.05) is 0 Å². The number of epoxide rings is 3. The molecule has 8 atom stereocenters. The first-order valence-corrected chi connectivity index (χ1v) is 11.7. The summed E-state index contributed by atoms with van der Waals surface area (Å²) in [5.41, 5.74) is -2.59. The van der Waals surface area contributed by atoms with Gasteiger partial charge >= 0.3 is 17.9 Å². The van der Waals surface area contributed by atoms with E-state index in [1.165, 1.54) is 13.8 Å². The number of fused-ring (bicyclic) bond motifs is 4. The van der Waals surface area contributed by atoms with Crippen LogP contribution in [0.4, 0.5) is 0 Å². The first-order valence-electron chi connectivity index (χ1n) is 11.7. The number of ether oxygens (including phenoxy) is 6. The fraction of sp³-hybridized carbons (Fsp3) is 0.667. The van der Waals surface area contributed by atoms with Crippen LogP contribution in [0.15, 0.2) is 10.5 Å². The monoisotopic (exact) mass is 490 g/mol. The largest absolute Gasteiger partial charge is 0.463 e. The highest BCUT2D eigenvalue weighted by Crippen LogP contribution is 2.59. The molecule has 0 saturated carbocycles. The highest BCUT2D eigenvalue weighted by Gasteiger charge is 2.79. The van der Waals surface area contributed by atoms with Crippen LogP contribution < -0.4 is 0 Å². The lowest BCUT2D eigenvalue weighted by Gasteiger charge is -2.29. The van der Waals surface area contributed by atoms with Crippen molar-refractivity contribution >= 4 is 24.2 Å². The predicted molar refractivity (Wildman–Crippen MR) is 111 cm³/mol. The number of aldehydes is 1. The molecule has 4 saturated heterocycles. The molecule has 5 aliphatic heterocycles. The summed E-state index contributed by atoms with van der Waals surface area (Å²) in [6.07, 6.45) is -1.09. The number of hydrogen-bond donors (Lipinski definition) is 0. The van der Waals surface area contributed by atoms with Crippen molar-refractivity contribution < 1.29 is 52.0 Å². The van der Waals surface area contributed by atoms with E-state index in [4.69, 9.17) is 32.8 Å². The van der Waals surface area contributed by atoms with Gasteiger partial charge in [-0.05, 0) is 19.4 Å². The number of furan rings is 1. The minimum Gasteiger partial charge on any atom is -0.463 e. The van der Waals surface area contributed by atoms with E-state index in [-0.39, 0.29) is 26.1 Å². The third-order valence-corrected chi connectivity index (χ3v) is 7.84. The summed E-state index contributed by atoms with van der Waals surface area (Å²) in [4.78, 5) is 48.5. The molecule has 5 aliphatic rings. The zero-order chi connectivity index (χ0) is 24.8. The Hall–Kier alpha value is -2.76. The van der Waals surface area contributed by atoms with Gasteiger partial charge in [0.15, 0.2) is 6.29 Å². The van der Waals surface area contributed by atoms with Crippen molar-refractivity contribution in [2.75, 3.05) is 13.2 Å². The van der Waals surface area contributed by atoms with Crippen LogP contribution >= 0.6 is 0 Å². The Bertz CT molecular complexity index is 1120. The van der Waals surface area contributed by atoms with Crippen molar-refractivity contribution in [3.05, 3.63) is 23.2 Å². The van der Waals surface area contributed by atoms with Gasteiger partial charge in [-0.2, -0.15) is 0 Å². The predicted octanol–water partition coefficient (Wildman–Crippen LogP) is 1.20. The molecule has 11 heteroatoms. The van der Waals surface area contributed by atoms with E-state index < -0.39 is 65.0 Å². The summed E-state index contributed by atoms with van der Waals surface area (Å²) in [7, 11) is 0. The fourth-order valence-corrected chi connectivity index (χ4v) is 5.76. The number of carbonyl (C=O) groups excluding carboxylic acids is 4. The van der Waals surface area contributed by atoms with Gasteiger partial charge in [0.2, 0.25) is 5.60 Å². The summed E-state index contributed by atoms with van der Waals surface area (Å²) in [6.45, 7) is 4.70. The lowest BCUT2D eigenvalue weighted by atomic mass is 9.80. The average molecular weight is 490 g/mol. The third kappa shape index (κ3) is 3.51. The molecule has 11 nitrogen and oxygen atoms in total. The van der Waals surface area contributed by atoms with Crippen LogP contribution in [0.1, 0.15) is 61.6 Å². The molecule has 4 bridgehead atoms. The van der Waals surface area contributed by atoms with Crippen LogP contribution in [0.2, 0.25) is 0 Å². The van der Waals surface area contributed by atoms with Gasteiger partial charge in [-0.25, -0.2) is 4.79 Å². The summed E-state index contributed by atoms with van der Waals surface area (Å²) < 4.78 is 40.3. The second kappa shape index (κ2) is 7.37. The first kappa shape index (κ1) is 22.7. The Morgan fingerprint density at radius 1 is 1.23 bits per heavy atom. The number of carbonyl (C=O) groups is 4. The van der Waals surface area contributed by atoms with Gasteiger partial charge in [0, 0.05) is 32.6 Å². The van der Waals surface area contributed by atoms with E-state index in [2.05, 4.69) is 0 Å². The molecule has 1 aromatic rings. The van der Waals surface area contributed by atoms with Gasteiger partial charge in [-0.15, -0.1) is 0 Å². The molecule has 1 aromatic heterocycles. The van der Waals surface area contributed by atoms with Gasteiger partial charge in [0.1, 0.15) is 53.7 Å². The van der Waals surface area contributed by atoms with Crippen LogP contribution in [0.25, 0.3) is 0 Å². The van der Waals surface area contributed by atoms with Crippen LogP contribution in [0.3, 0.4) is 0 Å². The van der Waals surface area contributed by atoms with Gasteiger partial charge in [-0.3, -0.25) is 14.4 Å². The maximum absolute atomic E-state index is 13.1. The zero-order valence-corrected chi connectivity index (χ0v) is 19.6. The molecular formula is C24H26O11. The van der Waals surface area contributed by atoms with Crippen molar-refractivity contribution in [2.45, 2.75) is 81.3 Å². The molecule has 188 valence electrons. The quantitative estimate of drug-likeness (QED) is 0.254. The smallest absolute Gasteiger partial charge is 0.345 e.